The zero-order valence-corrected chi connectivity index (χ0v) is 18.5. The molecule has 2 aromatic carbocycles. The first-order valence-corrected chi connectivity index (χ1v) is 11.8. The molecule has 3 nitrogen and oxygen atoms in total. The molecule has 0 radical (unpaired) electrons. The lowest BCUT2D eigenvalue weighted by molar-refractivity contribution is -0.598. The molecule has 0 saturated heterocycles. The molecule has 1 aliphatic carbocycles. The maximum Gasteiger partial charge on any atom is 0.358 e. The van der Waals surface area contributed by atoms with Gasteiger partial charge in [-0.1, -0.05) is 24.1 Å². The fraction of sp³-hybridized carbons (Fsp3) is 0.435. The van der Waals surface area contributed by atoms with Gasteiger partial charge in [-0.3, -0.25) is 0 Å². The van der Waals surface area contributed by atoms with E-state index in [9.17, 15) is 4.79 Å². The van der Waals surface area contributed by atoms with Crippen LogP contribution in [0.15, 0.2) is 36.4 Å². The van der Waals surface area contributed by atoms with Crippen LogP contribution in [-0.4, -0.2) is 18.7 Å². The fourth-order valence-corrected chi connectivity index (χ4v) is 6.06. The summed E-state index contributed by atoms with van der Waals surface area (Å²) in [5, 5.41) is 0. The highest BCUT2D eigenvalue weighted by Gasteiger charge is 2.22. The number of ether oxygens (including phenoxy) is 2. The van der Waals surface area contributed by atoms with Crippen molar-refractivity contribution in [2.24, 2.45) is 0 Å². The summed E-state index contributed by atoms with van der Waals surface area (Å²) in [5.41, 5.74) is 4.08. The average molecular weight is 479 g/mol. The number of carbonyl (C=O) groups is 1. The van der Waals surface area contributed by atoms with Crippen molar-refractivity contribution in [2.75, 3.05) is 6.61 Å². The minimum absolute atomic E-state index is 0.0128. The summed E-state index contributed by atoms with van der Waals surface area (Å²) in [5.74, 6) is 0.463. The average Bonchev–Trinajstić information content (AvgIpc) is 2.65. The number of esters is 1. The fourth-order valence-electron chi connectivity index (χ4n) is 3.56. The second-order valence-corrected chi connectivity index (χ2v) is 10.2. The summed E-state index contributed by atoms with van der Waals surface area (Å²) in [7, 11) is 0. The molecule has 0 atom stereocenters. The molecule has 0 bridgehead atoms. The van der Waals surface area contributed by atoms with E-state index in [4.69, 9.17) is 9.47 Å². The van der Waals surface area contributed by atoms with Crippen LogP contribution in [0, 0.1) is 27.9 Å². The minimum Gasteiger partial charge on any atom is -0.482 e. The summed E-state index contributed by atoms with van der Waals surface area (Å²) >= 11 is -0.223. The Kier molecular flexibility index (Phi) is 7.16. The third-order valence-electron chi connectivity index (χ3n) is 4.81. The highest BCUT2D eigenvalue weighted by atomic mass is 127. The first-order valence-electron chi connectivity index (χ1n) is 9.66. The van der Waals surface area contributed by atoms with Crippen molar-refractivity contribution in [3.05, 3.63) is 60.2 Å². The van der Waals surface area contributed by atoms with E-state index in [1.54, 1.807) is 0 Å². The van der Waals surface area contributed by atoms with E-state index in [2.05, 4.69) is 45.0 Å². The molecular weight excluding hydrogens is 451 g/mol. The van der Waals surface area contributed by atoms with Crippen molar-refractivity contribution in [3.8, 4) is 5.75 Å². The normalized spacial score (nSPS) is 14.8. The van der Waals surface area contributed by atoms with Crippen LogP contribution in [0.4, 0.5) is 0 Å². The molecule has 0 aliphatic heterocycles. The van der Waals surface area contributed by atoms with Crippen LogP contribution in [-0.2, 0) is 9.53 Å². The van der Waals surface area contributed by atoms with Gasteiger partial charge >= 0.3 is 27.2 Å². The highest BCUT2D eigenvalue weighted by Crippen LogP contribution is 2.20. The van der Waals surface area contributed by atoms with Crippen molar-refractivity contribution in [1.29, 1.82) is 0 Å². The lowest BCUT2D eigenvalue weighted by Gasteiger charge is -2.21. The Labute approximate surface area is 172 Å². The quantitative estimate of drug-likeness (QED) is 0.470. The molecule has 3 rings (SSSR count). The molecule has 1 saturated carbocycles. The molecule has 0 spiro atoms. The van der Waals surface area contributed by atoms with Gasteiger partial charge in [0, 0.05) is 11.1 Å². The van der Waals surface area contributed by atoms with Crippen LogP contribution in [0.3, 0.4) is 0 Å². The van der Waals surface area contributed by atoms with E-state index in [-0.39, 0.29) is 39.9 Å². The highest BCUT2D eigenvalue weighted by molar-refractivity contribution is 5.71. The lowest BCUT2D eigenvalue weighted by atomic mass is 9.98. The molecule has 0 unspecified atom stereocenters. The third kappa shape index (κ3) is 5.96. The van der Waals surface area contributed by atoms with Gasteiger partial charge in [-0.25, -0.2) is 4.79 Å². The van der Waals surface area contributed by atoms with Crippen LogP contribution in [0.2, 0.25) is 0 Å². The van der Waals surface area contributed by atoms with E-state index in [1.807, 2.05) is 12.1 Å². The summed E-state index contributed by atoms with van der Waals surface area (Å²) in [6.45, 7) is 6.53. The second kappa shape index (κ2) is 9.58. The monoisotopic (exact) mass is 479 g/mol. The largest absolute Gasteiger partial charge is 0.482 e. The van der Waals surface area contributed by atoms with Crippen molar-refractivity contribution in [1.82, 2.24) is 0 Å². The van der Waals surface area contributed by atoms with E-state index >= 15 is 0 Å². The Morgan fingerprint density at radius 2 is 1.63 bits per heavy atom. The van der Waals surface area contributed by atoms with Gasteiger partial charge in [0.15, 0.2) is 13.7 Å². The van der Waals surface area contributed by atoms with E-state index in [1.165, 1.54) is 30.3 Å². The van der Waals surface area contributed by atoms with Crippen LogP contribution in [0.25, 0.3) is 0 Å². The molecule has 0 heterocycles. The summed E-state index contributed by atoms with van der Waals surface area (Å²) in [6, 6.07) is 12.7. The van der Waals surface area contributed by atoms with Gasteiger partial charge in [0.25, 0.3) is 0 Å². The molecule has 27 heavy (non-hydrogen) atoms. The standard InChI is InChI=1S/C23H28IO3/c1-16-13-17(2)23(18(3)14-16)24-19-9-11-20(12-10-19)26-15-22(25)27-21-7-5-4-6-8-21/h9-14,21H,4-8,15H2,1-3H3/q+1. The van der Waals surface area contributed by atoms with Gasteiger partial charge in [0.1, 0.15) is 11.9 Å². The summed E-state index contributed by atoms with van der Waals surface area (Å²) in [4.78, 5) is 12.0. The van der Waals surface area contributed by atoms with Gasteiger partial charge < -0.3 is 9.47 Å². The Morgan fingerprint density at radius 1 is 1.00 bits per heavy atom. The first kappa shape index (κ1) is 20.2. The van der Waals surface area contributed by atoms with Gasteiger partial charge in [-0.05, 0) is 70.7 Å². The Balaban J connectivity index is 1.52. The molecular formula is C23H28IO3+. The minimum atomic E-state index is -0.260. The van der Waals surface area contributed by atoms with E-state index in [0.29, 0.717) is 0 Å². The molecule has 0 amide bonds. The zero-order chi connectivity index (χ0) is 19.2. The number of hydrogen-bond acceptors (Lipinski definition) is 3. The SMILES string of the molecule is Cc1cc(C)c([I+]c2ccc(OCC(=O)OC3CCCCC3)cc2)c(C)c1. The predicted molar refractivity (Wildman–Crippen MR) is 103 cm³/mol. The number of halogens is 1. The van der Waals surface area contributed by atoms with Crippen LogP contribution < -0.4 is 25.9 Å². The van der Waals surface area contributed by atoms with Crippen LogP contribution in [0.5, 0.6) is 5.75 Å². The topological polar surface area (TPSA) is 35.5 Å². The van der Waals surface area contributed by atoms with Gasteiger partial charge in [0.2, 0.25) is 0 Å². The molecule has 1 aliphatic rings. The molecule has 144 valence electrons. The zero-order valence-electron chi connectivity index (χ0n) is 16.4. The second-order valence-electron chi connectivity index (χ2n) is 7.30. The van der Waals surface area contributed by atoms with Crippen LogP contribution >= 0.6 is 0 Å². The lowest BCUT2D eigenvalue weighted by Crippen LogP contribution is -3.62. The number of carbonyl (C=O) groups excluding carboxylic acids is 1. The summed E-state index contributed by atoms with van der Waals surface area (Å²) in [6.07, 6.45) is 5.63. The molecule has 1 fully saturated rings. The van der Waals surface area contributed by atoms with Gasteiger partial charge in [0.05, 0.1) is 0 Å². The number of aryl methyl sites for hydroxylation is 3. The first-order chi connectivity index (χ1) is 13.0. The van der Waals surface area contributed by atoms with Crippen molar-refractivity contribution < 1.29 is 35.5 Å². The Morgan fingerprint density at radius 3 is 2.26 bits per heavy atom. The van der Waals surface area contributed by atoms with E-state index in [0.717, 1.165) is 31.4 Å². The van der Waals surface area contributed by atoms with E-state index < -0.39 is 0 Å². The molecule has 2 aromatic rings. The number of benzene rings is 2. The van der Waals surface area contributed by atoms with Crippen molar-refractivity contribution in [2.45, 2.75) is 59.0 Å². The maximum atomic E-state index is 12.0. The smallest absolute Gasteiger partial charge is 0.358 e. The van der Waals surface area contributed by atoms with Crippen molar-refractivity contribution in [3.63, 3.8) is 0 Å². The maximum absolute atomic E-state index is 12.0. The number of rotatable bonds is 6. The molecule has 0 N–H and O–H groups in total. The number of hydrogen-bond donors (Lipinski definition) is 0. The predicted octanol–water partition coefficient (Wildman–Crippen LogP) is 1.99. The molecule has 0 aromatic heterocycles. The Bertz CT molecular complexity index is 754. The van der Waals surface area contributed by atoms with Gasteiger partial charge in [-0.2, -0.15) is 0 Å². The van der Waals surface area contributed by atoms with Crippen molar-refractivity contribution >= 4 is 5.97 Å². The Hall–Kier alpha value is -1.56. The summed E-state index contributed by atoms with van der Waals surface area (Å²) < 4.78 is 13.9. The van der Waals surface area contributed by atoms with Gasteiger partial charge in [-0.15, -0.1) is 0 Å². The molecule has 4 heteroatoms. The third-order valence-corrected chi connectivity index (χ3v) is 8.39. The van der Waals surface area contributed by atoms with Crippen LogP contribution in [0.1, 0.15) is 48.8 Å².